The van der Waals surface area contributed by atoms with Crippen LogP contribution in [-0.4, -0.2) is 40.8 Å². The van der Waals surface area contributed by atoms with Crippen LogP contribution in [0.3, 0.4) is 0 Å². The minimum absolute atomic E-state index is 0.151. The topological polar surface area (TPSA) is 49.0 Å². The van der Waals surface area contributed by atoms with E-state index in [0.717, 1.165) is 12.1 Å². The Hall–Kier alpha value is -1.01. The van der Waals surface area contributed by atoms with Crippen LogP contribution >= 0.6 is 11.6 Å². The molecule has 0 aliphatic heterocycles. The summed E-state index contributed by atoms with van der Waals surface area (Å²) < 4.78 is 20.9. The molecule has 0 saturated carbocycles. The summed E-state index contributed by atoms with van der Waals surface area (Å²) in [6.07, 6.45) is 0. The highest BCUT2D eigenvalue weighted by atomic mass is 35.5. The lowest BCUT2D eigenvalue weighted by molar-refractivity contribution is 0.0209. The second-order valence-electron chi connectivity index (χ2n) is 4.03. The molecular weight excluding hydrogens is 282 g/mol. The largest absolute Gasteiger partial charge is 0.493 e. The van der Waals surface area contributed by atoms with Crippen LogP contribution in [0.5, 0.6) is 11.5 Å². The monoisotopic (exact) mass is 303 g/mol. The third-order valence-electron chi connectivity index (χ3n) is 2.59. The Morgan fingerprint density at radius 1 is 1.25 bits per heavy atom. The average molecular weight is 304 g/mol. The first-order chi connectivity index (χ1) is 9.72. The van der Waals surface area contributed by atoms with Crippen molar-refractivity contribution in [3.63, 3.8) is 0 Å². The van der Waals surface area contributed by atoms with Gasteiger partial charge in [0, 0.05) is 26.8 Å². The van der Waals surface area contributed by atoms with Gasteiger partial charge in [-0.15, -0.1) is 0 Å². The molecule has 6 heteroatoms. The summed E-state index contributed by atoms with van der Waals surface area (Å²) in [7, 11) is 3.26. The predicted molar refractivity (Wildman–Crippen MR) is 78.7 cm³/mol. The van der Waals surface area contributed by atoms with Gasteiger partial charge in [0.2, 0.25) is 0 Å². The van der Waals surface area contributed by atoms with Crippen LogP contribution in [0.4, 0.5) is 0 Å². The molecule has 0 unspecified atom stereocenters. The van der Waals surface area contributed by atoms with E-state index in [4.69, 9.17) is 30.5 Å². The molecule has 114 valence electrons. The van der Waals surface area contributed by atoms with Gasteiger partial charge in [-0.2, -0.15) is 0 Å². The second-order valence-corrected chi connectivity index (χ2v) is 4.44. The number of halogens is 1. The van der Waals surface area contributed by atoms with Gasteiger partial charge in [-0.05, 0) is 24.6 Å². The Bertz CT molecular complexity index is 401. The maximum atomic E-state index is 6.22. The highest BCUT2D eigenvalue weighted by molar-refractivity contribution is 6.32. The number of hydrogen-bond acceptors (Lipinski definition) is 5. The minimum Gasteiger partial charge on any atom is -0.493 e. The number of nitrogens with one attached hydrogen (secondary N) is 1. The first kappa shape index (κ1) is 17.0. The van der Waals surface area contributed by atoms with Crippen LogP contribution in [0.25, 0.3) is 0 Å². The molecule has 0 aliphatic rings. The Kier molecular flexibility index (Phi) is 8.37. The van der Waals surface area contributed by atoms with E-state index in [1.54, 1.807) is 14.2 Å². The number of methoxy groups -OCH3 is 2. The van der Waals surface area contributed by atoms with Crippen LogP contribution < -0.4 is 14.8 Å². The highest BCUT2D eigenvalue weighted by Gasteiger charge is 2.12. The molecule has 5 nitrogen and oxygen atoms in total. The molecule has 0 fully saturated rings. The van der Waals surface area contributed by atoms with Crippen LogP contribution in [0.15, 0.2) is 12.1 Å². The Balaban J connectivity index is 2.68. The minimum atomic E-state index is 0.151. The summed E-state index contributed by atoms with van der Waals surface area (Å²) in [5.41, 5.74) is 1.02. The normalized spacial score (nSPS) is 10.6. The number of benzene rings is 1. The van der Waals surface area contributed by atoms with Crippen molar-refractivity contribution in [2.24, 2.45) is 0 Å². The average Bonchev–Trinajstić information content (AvgIpc) is 2.45. The summed E-state index contributed by atoms with van der Waals surface area (Å²) in [5, 5.41) is 3.76. The number of hydrogen-bond donors (Lipinski definition) is 1. The third-order valence-corrected chi connectivity index (χ3v) is 2.87. The van der Waals surface area contributed by atoms with Crippen molar-refractivity contribution >= 4 is 11.6 Å². The highest BCUT2D eigenvalue weighted by Crippen LogP contribution is 2.36. The van der Waals surface area contributed by atoms with Crippen molar-refractivity contribution < 1.29 is 18.9 Å². The molecule has 0 heterocycles. The van der Waals surface area contributed by atoms with E-state index in [9.17, 15) is 0 Å². The molecule has 1 N–H and O–H groups in total. The fourth-order valence-electron chi connectivity index (χ4n) is 1.61. The van der Waals surface area contributed by atoms with Crippen LogP contribution in [0, 0.1) is 0 Å². The maximum absolute atomic E-state index is 6.22. The molecule has 0 saturated heterocycles. The smallest absolute Gasteiger partial charge is 0.189 e. The lowest BCUT2D eigenvalue weighted by Crippen LogP contribution is -2.18. The van der Waals surface area contributed by atoms with E-state index in [0.29, 0.717) is 36.3 Å². The van der Waals surface area contributed by atoms with Gasteiger partial charge < -0.3 is 24.3 Å². The van der Waals surface area contributed by atoms with E-state index in [1.165, 1.54) is 0 Å². The number of rotatable bonds is 10. The Morgan fingerprint density at radius 3 is 2.70 bits per heavy atom. The third kappa shape index (κ3) is 5.54. The molecule has 0 amide bonds. The van der Waals surface area contributed by atoms with Crippen molar-refractivity contribution in [2.75, 3.05) is 40.8 Å². The van der Waals surface area contributed by atoms with Gasteiger partial charge in [0.1, 0.15) is 0 Å². The number of ether oxygens (including phenoxy) is 4. The molecular formula is C14H22ClNO4. The summed E-state index contributed by atoms with van der Waals surface area (Å²) in [6.45, 7) is 4.76. The Morgan fingerprint density at radius 2 is 2.05 bits per heavy atom. The Labute approximate surface area is 125 Å². The van der Waals surface area contributed by atoms with E-state index in [-0.39, 0.29) is 6.79 Å². The fourth-order valence-corrected chi connectivity index (χ4v) is 1.89. The van der Waals surface area contributed by atoms with Crippen molar-refractivity contribution in [1.82, 2.24) is 5.32 Å². The zero-order chi connectivity index (χ0) is 14.8. The standard InChI is InChI=1S/C14H22ClNO4/c1-4-19-10-20-14-12(15)7-11(8-13(14)18-3)9-16-5-6-17-2/h7-8,16H,4-6,9-10H2,1-3H3. The van der Waals surface area contributed by atoms with Crippen molar-refractivity contribution in [3.05, 3.63) is 22.7 Å². The van der Waals surface area contributed by atoms with Gasteiger partial charge in [0.05, 0.1) is 18.7 Å². The van der Waals surface area contributed by atoms with Gasteiger partial charge in [0.25, 0.3) is 0 Å². The van der Waals surface area contributed by atoms with Gasteiger partial charge in [-0.1, -0.05) is 11.6 Å². The van der Waals surface area contributed by atoms with Crippen molar-refractivity contribution in [2.45, 2.75) is 13.5 Å². The van der Waals surface area contributed by atoms with Crippen molar-refractivity contribution in [1.29, 1.82) is 0 Å². The quantitative estimate of drug-likeness (QED) is 0.531. The van der Waals surface area contributed by atoms with Crippen LogP contribution in [-0.2, 0) is 16.0 Å². The predicted octanol–water partition coefficient (Wildman–Crippen LogP) is 2.46. The summed E-state index contributed by atoms with van der Waals surface area (Å²) in [5.74, 6) is 1.10. The van der Waals surface area contributed by atoms with Crippen LogP contribution in [0.2, 0.25) is 5.02 Å². The molecule has 0 spiro atoms. The molecule has 1 aromatic carbocycles. The maximum Gasteiger partial charge on any atom is 0.189 e. The lowest BCUT2D eigenvalue weighted by atomic mass is 10.2. The van der Waals surface area contributed by atoms with E-state index in [2.05, 4.69) is 5.32 Å². The van der Waals surface area contributed by atoms with Crippen molar-refractivity contribution in [3.8, 4) is 11.5 Å². The van der Waals surface area contributed by atoms with E-state index >= 15 is 0 Å². The lowest BCUT2D eigenvalue weighted by Gasteiger charge is -2.14. The fraction of sp³-hybridized carbons (Fsp3) is 0.571. The summed E-state index contributed by atoms with van der Waals surface area (Å²) in [6, 6.07) is 3.75. The molecule has 0 atom stereocenters. The van der Waals surface area contributed by atoms with Gasteiger partial charge >= 0.3 is 0 Å². The molecule has 0 radical (unpaired) electrons. The molecule has 1 aromatic rings. The van der Waals surface area contributed by atoms with Gasteiger partial charge in [-0.25, -0.2) is 0 Å². The van der Waals surface area contributed by atoms with E-state index in [1.807, 2.05) is 19.1 Å². The molecule has 0 aromatic heterocycles. The summed E-state index contributed by atoms with van der Waals surface area (Å²) >= 11 is 6.22. The molecule has 1 rings (SSSR count). The molecule has 0 bridgehead atoms. The summed E-state index contributed by atoms with van der Waals surface area (Å²) in [4.78, 5) is 0. The van der Waals surface area contributed by atoms with Crippen LogP contribution in [0.1, 0.15) is 12.5 Å². The van der Waals surface area contributed by atoms with Gasteiger partial charge in [0.15, 0.2) is 18.3 Å². The zero-order valence-electron chi connectivity index (χ0n) is 12.2. The van der Waals surface area contributed by atoms with E-state index < -0.39 is 0 Å². The second kappa shape index (κ2) is 9.83. The van der Waals surface area contributed by atoms with Gasteiger partial charge in [-0.3, -0.25) is 0 Å². The molecule has 0 aliphatic carbocycles. The zero-order valence-corrected chi connectivity index (χ0v) is 13.0. The first-order valence-corrected chi connectivity index (χ1v) is 6.87. The first-order valence-electron chi connectivity index (χ1n) is 6.49. The SMILES string of the molecule is CCOCOc1c(Cl)cc(CNCCOC)cc1OC. The molecule has 20 heavy (non-hydrogen) atoms.